The minimum absolute atomic E-state index is 0.0893. The van der Waals surface area contributed by atoms with E-state index in [0.29, 0.717) is 12.8 Å². The standard InChI is InChI=1S/C19H36N8O6/c1-4-10(2)15(27-16(30)11(3)20)17(31)25-8-13(28)24-9-14(29)26-12(18(32)33)6-5-7-23-19(21)22/h10-12,15H,4-9,20H2,1-3H3,(H,24,28)(H,25,31)(H,26,29)(H,27,30)(H,32,33)(H4,21,22,23)/t10-,11-,12-,15-/m0/s1. The molecule has 0 saturated heterocycles. The lowest BCUT2D eigenvalue weighted by molar-refractivity contribution is -0.142. The molecule has 0 aromatic rings. The van der Waals surface area contributed by atoms with E-state index in [0.717, 1.165) is 0 Å². The summed E-state index contributed by atoms with van der Waals surface area (Å²) in [5.41, 5.74) is 15.9. The third-order valence-corrected chi connectivity index (χ3v) is 4.65. The summed E-state index contributed by atoms with van der Waals surface area (Å²) in [6.45, 7) is 4.39. The third-order valence-electron chi connectivity index (χ3n) is 4.65. The monoisotopic (exact) mass is 472 g/mol. The van der Waals surface area contributed by atoms with Crippen molar-refractivity contribution >= 4 is 35.6 Å². The molecule has 4 atom stereocenters. The number of aliphatic carboxylic acids is 1. The molecular formula is C19H36N8O6. The number of carbonyl (C=O) groups excluding carboxylic acids is 4. The maximum Gasteiger partial charge on any atom is 0.326 e. The normalized spacial score (nSPS) is 14.1. The highest BCUT2D eigenvalue weighted by Crippen LogP contribution is 2.08. The number of hydrogen-bond acceptors (Lipinski definition) is 7. The molecular weight excluding hydrogens is 436 g/mol. The maximum atomic E-state index is 12.4. The van der Waals surface area contributed by atoms with E-state index < -0.39 is 60.8 Å². The summed E-state index contributed by atoms with van der Waals surface area (Å²) in [5.74, 6) is -4.01. The van der Waals surface area contributed by atoms with Gasteiger partial charge in [-0.2, -0.15) is 0 Å². The molecule has 0 spiro atoms. The van der Waals surface area contributed by atoms with Crippen LogP contribution in [0.1, 0.15) is 40.0 Å². The van der Waals surface area contributed by atoms with Crippen molar-refractivity contribution in [2.45, 2.75) is 58.2 Å². The maximum absolute atomic E-state index is 12.4. The molecule has 14 nitrogen and oxygen atoms in total. The number of carboxylic acids is 1. The Balaban J connectivity index is 4.57. The van der Waals surface area contributed by atoms with Crippen LogP contribution in [0.4, 0.5) is 0 Å². The molecule has 4 amide bonds. The lowest BCUT2D eigenvalue weighted by Crippen LogP contribution is -2.55. The van der Waals surface area contributed by atoms with Crippen LogP contribution in [-0.2, 0) is 24.0 Å². The van der Waals surface area contributed by atoms with Crippen LogP contribution in [0.25, 0.3) is 0 Å². The van der Waals surface area contributed by atoms with Crippen molar-refractivity contribution in [2.24, 2.45) is 28.1 Å². The van der Waals surface area contributed by atoms with Gasteiger partial charge < -0.3 is 43.6 Å². The minimum atomic E-state index is -1.24. The summed E-state index contributed by atoms with van der Waals surface area (Å²) in [6.07, 6.45) is 1.01. The van der Waals surface area contributed by atoms with Crippen LogP contribution in [0.15, 0.2) is 4.99 Å². The van der Waals surface area contributed by atoms with Crippen LogP contribution in [0.5, 0.6) is 0 Å². The molecule has 0 rings (SSSR count). The summed E-state index contributed by atoms with van der Waals surface area (Å²) >= 11 is 0. The number of nitrogens with one attached hydrogen (secondary N) is 4. The summed E-state index contributed by atoms with van der Waals surface area (Å²) in [7, 11) is 0. The largest absolute Gasteiger partial charge is 0.480 e. The van der Waals surface area contributed by atoms with Gasteiger partial charge in [-0.15, -0.1) is 0 Å². The Morgan fingerprint density at radius 3 is 2.06 bits per heavy atom. The fourth-order valence-corrected chi connectivity index (χ4v) is 2.51. The quantitative estimate of drug-likeness (QED) is 0.0675. The molecule has 0 aromatic heterocycles. The summed E-state index contributed by atoms with van der Waals surface area (Å²) in [5, 5.41) is 18.7. The average molecular weight is 473 g/mol. The van der Waals surface area contributed by atoms with Gasteiger partial charge in [0.2, 0.25) is 23.6 Å². The number of rotatable bonds is 15. The van der Waals surface area contributed by atoms with Crippen LogP contribution in [-0.4, -0.2) is 78.4 Å². The van der Waals surface area contributed by atoms with Crippen molar-refractivity contribution in [3.05, 3.63) is 0 Å². The highest BCUT2D eigenvalue weighted by atomic mass is 16.4. The molecule has 0 aliphatic carbocycles. The first-order valence-corrected chi connectivity index (χ1v) is 10.6. The van der Waals surface area contributed by atoms with Crippen LogP contribution in [0.2, 0.25) is 0 Å². The van der Waals surface area contributed by atoms with E-state index >= 15 is 0 Å². The van der Waals surface area contributed by atoms with E-state index in [4.69, 9.17) is 17.2 Å². The first-order valence-electron chi connectivity index (χ1n) is 10.6. The van der Waals surface area contributed by atoms with E-state index in [-0.39, 0.29) is 24.8 Å². The number of aliphatic imine (C=N–C) groups is 1. The van der Waals surface area contributed by atoms with E-state index in [1.807, 2.05) is 6.92 Å². The number of nitrogens with two attached hydrogens (primary N) is 3. The fraction of sp³-hybridized carbons (Fsp3) is 0.684. The smallest absolute Gasteiger partial charge is 0.326 e. The van der Waals surface area contributed by atoms with Gasteiger partial charge in [-0.1, -0.05) is 20.3 Å². The molecule has 33 heavy (non-hydrogen) atoms. The van der Waals surface area contributed by atoms with Gasteiger partial charge in [-0.05, 0) is 25.7 Å². The molecule has 188 valence electrons. The molecule has 11 N–H and O–H groups in total. The Hall–Kier alpha value is -3.42. The second-order valence-corrected chi connectivity index (χ2v) is 7.56. The first kappa shape index (κ1) is 29.6. The van der Waals surface area contributed by atoms with E-state index in [9.17, 15) is 29.1 Å². The van der Waals surface area contributed by atoms with Gasteiger partial charge in [-0.3, -0.25) is 24.2 Å². The second-order valence-electron chi connectivity index (χ2n) is 7.56. The molecule has 0 aliphatic heterocycles. The molecule has 0 fully saturated rings. The zero-order chi connectivity index (χ0) is 25.6. The number of guanidine groups is 1. The number of amides is 4. The van der Waals surface area contributed by atoms with Crippen LogP contribution < -0.4 is 38.5 Å². The van der Waals surface area contributed by atoms with Crippen molar-refractivity contribution in [3.63, 3.8) is 0 Å². The van der Waals surface area contributed by atoms with Gasteiger partial charge in [0.1, 0.15) is 12.1 Å². The zero-order valence-corrected chi connectivity index (χ0v) is 19.2. The molecule has 14 heteroatoms. The molecule has 0 aromatic carbocycles. The van der Waals surface area contributed by atoms with Gasteiger partial charge >= 0.3 is 5.97 Å². The third kappa shape index (κ3) is 12.9. The fourth-order valence-electron chi connectivity index (χ4n) is 2.51. The van der Waals surface area contributed by atoms with Crippen LogP contribution in [0.3, 0.4) is 0 Å². The van der Waals surface area contributed by atoms with Gasteiger partial charge in [0.25, 0.3) is 0 Å². The minimum Gasteiger partial charge on any atom is -0.480 e. The van der Waals surface area contributed by atoms with Gasteiger partial charge in [0.05, 0.1) is 19.1 Å². The topological polar surface area (TPSA) is 244 Å². The number of hydrogen-bond donors (Lipinski definition) is 8. The van der Waals surface area contributed by atoms with Gasteiger partial charge in [0, 0.05) is 6.54 Å². The average Bonchev–Trinajstić information content (AvgIpc) is 2.75. The van der Waals surface area contributed by atoms with Gasteiger partial charge in [0.15, 0.2) is 5.96 Å². The Morgan fingerprint density at radius 2 is 1.55 bits per heavy atom. The molecule has 0 bridgehead atoms. The Morgan fingerprint density at radius 1 is 0.939 bits per heavy atom. The SMILES string of the molecule is CC[C@H](C)[C@H](NC(=O)[C@H](C)N)C(=O)NCC(=O)NCC(=O)N[C@@H](CCCN=C(N)N)C(=O)O. The molecule has 0 aliphatic rings. The van der Waals surface area contributed by atoms with Crippen LogP contribution in [0, 0.1) is 5.92 Å². The predicted octanol–water partition coefficient (Wildman–Crippen LogP) is -3.28. The number of carbonyl (C=O) groups is 5. The van der Waals surface area contributed by atoms with Gasteiger partial charge in [-0.25, -0.2) is 4.79 Å². The highest BCUT2D eigenvalue weighted by Gasteiger charge is 2.27. The second kappa shape index (κ2) is 15.4. The van der Waals surface area contributed by atoms with Crippen molar-refractivity contribution in [3.8, 4) is 0 Å². The van der Waals surface area contributed by atoms with E-state index in [1.54, 1.807) is 6.92 Å². The lowest BCUT2D eigenvalue weighted by atomic mass is 9.98. The van der Waals surface area contributed by atoms with Crippen molar-refractivity contribution < 1.29 is 29.1 Å². The van der Waals surface area contributed by atoms with E-state index in [2.05, 4.69) is 26.3 Å². The summed E-state index contributed by atoms with van der Waals surface area (Å²) in [4.78, 5) is 63.2. The Labute approximate surface area is 192 Å². The molecule has 0 saturated carbocycles. The number of nitrogens with zero attached hydrogens (tertiary/aromatic N) is 1. The zero-order valence-electron chi connectivity index (χ0n) is 19.2. The molecule has 0 unspecified atom stereocenters. The summed E-state index contributed by atoms with van der Waals surface area (Å²) < 4.78 is 0. The lowest BCUT2D eigenvalue weighted by Gasteiger charge is -2.24. The molecule has 0 radical (unpaired) electrons. The van der Waals surface area contributed by atoms with Crippen LogP contribution >= 0.6 is 0 Å². The molecule has 0 heterocycles. The Bertz CT molecular complexity index is 723. The number of carboxylic acid groups (broad SMARTS) is 1. The predicted molar refractivity (Wildman–Crippen MR) is 121 cm³/mol. The first-order chi connectivity index (χ1) is 15.4. The van der Waals surface area contributed by atoms with E-state index in [1.165, 1.54) is 6.92 Å². The van der Waals surface area contributed by atoms with Crippen molar-refractivity contribution in [1.29, 1.82) is 0 Å². The highest BCUT2D eigenvalue weighted by molar-refractivity contribution is 5.93. The Kier molecular flexibility index (Phi) is 13.8. The van der Waals surface area contributed by atoms with Crippen molar-refractivity contribution in [2.75, 3.05) is 19.6 Å². The summed E-state index contributed by atoms with van der Waals surface area (Å²) in [6, 6.07) is -2.85. The van der Waals surface area contributed by atoms with Crippen molar-refractivity contribution in [1.82, 2.24) is 21.3 Å².